The normalized spacial score (nSPS) is 12.5. The van der Waals surface area contributed by atoms with Crippen molar-refractivity contribution in [3.05, 3.63) is 50.2 Å². The summed E-state index contributed by atoms with van der Waals surface area (Å²) >= 11 is 4.84. The molecule has 4 nitrogen and oxygen atoms in total. The minimum absolute atomic E-state index is 0.677. The molecule has 1 aromatic carbocycles. The highest BCUT2D eigenvalue weighted by Crippen LogP contribution is 2.08. The second-order valence-corrected chi connectivity index (χ2v) is 5.18. The molecule has 6 heteroatoms. The number of nitrogens with two attached hydrogens (primary N) is 1. The molecular formula is C11H11BrN4S. The summed E-state index contributed by atoms with van der Waals surface area (Å²) in [4.78, 5) is 0.677. The first-order valence-corrected chi connectivity index (χ1v) is 6.59. The maximum Gasteiger partial charge on any atom is 0.229 e. The first-order chi connectivity index (χ1) is 8.16. The van der Waals surface area contributed by atoms with Gasteiger partial charge in [-0.15, -0.1) is 16.4 Å². The predicted molar refractivity (Wildman–Crippen MR) is 74.5 cm³/mol. The average molecular weight is 311 g/mol. The number of hydrogen-bond donors (Lipinski definition) is 1. The van der Waals surface area contributed by atoms with Crippen molar-refractivity contribution < 1.29 is 0 Å². The lowest BCUT2D eigenvalue weighted by atomic mass is 10.2. The lowest BCUT2D eigenvalue weighted by Crippen LogP contribution is -2.23. The van der Waals surface area contributed by atoms with E-state index in [1.54, 1.807) is 6.21 Å². The molecule has 2 N–H and O–H groups in total. The van der Waals surface area contributed by atoms with Crippen LogP contribution in [0.4, 0.5) is 0 Å². The lowest BCUT2D eigenvalue weighted by molar-refractivity contribution is 0.884. The van der Waals surface area contributed by atoms with Crippen LogP contribution in [0, 0.1) is 6.92 Å². The second kappa shape index (κ2) is 5.29. The van der Waals surface area contributed by atoms with Gasteiger partial charge in [-0.3, -0.25) is 0 Å². The SMILES string of the molecule is Cc1csc(=NN=Cc2ccc(Br)cc2)n1N. The number of aryl methyl sites for hydroxylation is 1. The lowest BCUT2D eigenvalue weighted by Gasteiger charge is -1.93. The van der Waals surface area contributed by atoms with Crippen molar-refractivity contribution >= 4 is 33.5 Å². The maximum atomic E-state index is 5.76. The highest BCUT2D eigenvalue weighted by Gasteiger charge is 1.94. The summed E-state index contributed by atoms with van der Waals surface area (Å²) in [5.74, 6) is 5.76. The third-order valence-corrected chi connectivity index (χ3v) is 3.62. The number of rotatable bonds is 2. The van der Waals surface area contributed by atoms with Crippen molar-refractivity contribution in [3.8, 4) is 0 Å². The summed E-state index contributed by atoms with van der Waals surface area (Å²) in [5.41, 5.74) is 1.96. The van der Waals surface area contributed by atoms with E-state index in [4.69, 9.17) is 5.84 Å². The molecule has 0 amide bonds. The molecule has 1 aromatic heterocycles. The zero-order chi connectivity index (χ0) is 12.3. The monoisotopic (exact) mass is 310 g/mol. The molecule has 0 aliphatic carbocycles. The van der Waals surface area contributed by atoms with Gasteiger partial charge < -0.3 is 5.84 Å². The van der Waals surface area contributed by atoms with Gasteiger partial charge in [-0.1, -0.05) is 28.1 Å². The topological polar surface area (TPSA) is 55.7 Å². The van der Waals surface area contributed by atoms with Crippen molar-refractivity contribution in [2.75, 3.05) is 5.84 Å². The van der Waals surface area contributed by atoms with Gasteiger partial charge in [-0.05, 0) is 24.6 Å². The van der Waals surface area contributed by atoms with Crippen molar-refractivity contribution in [2.45, 2.75) is 6.92 Å². The summed E-state index contributed by atoms with van der Waals surface area (Å²) < 4.78 is 2.56. The number of benzene rings is 1. The fourth-order valence-corrected chi connectivity index (χ4v) is 2.17. The Kier molecular flexibility index (Phi) is 3.75. The largest absolute Gasteiger partial charge is 0.337 e. The molecule has 2 aromatic rings. The van der Waals surface area contributed by atoms with E-state index in [0.717, 1.165) is 15.7 Å². The summed E-state index contributed by atoms with van der Waals surface area (Å²) in [7, 11) is 0. The molecule has 0 unspecified atom stereocenters. The van der Waals surface area contributed by atoms with Crippen LogP contribution in [0.25, 0.3) is 0 Å². The Morgan fingerprint density at radius 2 is 2.06 bits per heavy atom. The van der Waals surface area contributed by atoms with Crippen molar-refractivity contribution in [1.82, 2.24) is 4.68 Å². The van der Waals surface area contributed by atoms with Crippen LogP contribution in [0.15, 0.2) is 44.3 Å². The summed E-state index contributed by atoms with van der Waals surface area (Å²) in [5, 5.41) is 10.0. The molecule has 0 spiro atoms. The van der Waals surface area contributed by atoms with E-state index < -0.39 is 0 Å². The fourth-order valence-electron chi connectivity index (χ4n) is 1.17. The van der Waals surface area contributed by atoms with Gasteiger partial charge in [0.25, 0.3) is 0 Å². The van der Waals surface area contributed by atoms with E-state index in [2.05, 4.69) is 26.1 Å². The van der Waals surface area contributed by atoms with E-state index >= 15 is 0 Å². The third kappa shape index (κ3) is 3.04. The minimum atomic E-state index is 0.677. The summed E-state index contributed by atoms with van der Waals surface area (Å²) in [6.45, 7) is 1.92. The number of halogens is 1. The molecule has 0 atom stereocenters. The van der Waals surface area contributed by atoms with Crippen LogP contribution in [0.1, 0.15) is 11.3 Å². The highest BCUT2D eigenvalue weighted by molar-refractivity contribution is 9.10. The van der Waals surface area contributed by atoms with Gasteiger partial charge in [0, 0.05) is 15.5 Å². The highest BCUT2D eigenvalue weighted by atomic mass is 79.9. The average Bonchev–Trinajstić information content (AvgIpc) is 2.64. The number of nitrogens with zero attached hydrogens (tertiary/aromatic N) is 3. The molecule has 0 radical (unpaired) electrons. The van der Waals surface area contributed by atoms with Crippen LogP contribution >= 0.6 is 27.3 Å². The first-order valence-electron chi connectivity index (χ1n) is 4.91. The molecule has 0 saturated carbocycles. The predicted octanol–water partition coefficient (Wildman–Crippen LogP) is 2.27. The molecule has 1 heterocycles. The smallest absolute Gasteiger partial charge is 0.229 e. The molecule has 0 bridgehead atoms. The summed E-state index contributed by atoms with van der Waals surface area (Å²) in [6.07, 6.45) is 1.70. The van der Waals surface area contributed by atoms with Gasteiger partial charge in [0.05, 0.1) is 6.21 Å². The quantitative estimate of drug-likeness (QED) is 0.516. The van der Waals surface area contributed by atoms with E-state index in [1.165, 1.54) is 16.0 Å². The van der Waals surface area contributed by atoms with E-state index in [9.17, 15) is 0 Å². The van der Waals surface area contributed by atoms with Gasteiger partial charge in [0.1, 0.15) is 0 Å². The van der Waals surface area contributed by atoms with Gasteiger partial charge in [-0.2, -0.15) is 5.10 Å². The van der Waals surface area contributed by atoms with Crippen LogP contribution in [-0.2, 0) is 0 Å². The third-order valence-electron chi connectivity index (χ3n) is 2.14. The Hall–Kier alpha value is -1.40. The standard InChI is InChI=1S/C11H11BrN4S/c1-8-7-17-11(16(8)13)15-14-6-9-2-4-10(12)5-3-9/h2-7H,13H2,1H3. The number of aromatic nitrogens is 1. The molecule has 88 valence electrons. The number of hydrogen-bond acceptors (Lipinski definition) is 4. The molecule has 2 rings (SSSR count). The maximum absolute atomic E-state index is 5.76. The molecule has 0 aliphatic heterocycles. The van der Waals surface area contributed by atoms with Crippen molar-refractivity contribution in [1.29, 1.82) is 0 Å². The molecule has 0 saturated heterocycles. The zero-order valence-corrected chi connectivity index (χ0v) is 11.6. The van der Waals surface area contributed by atoms with Gasteiger partial charge in [-0.25, -0.2) is 4.68 Å². The van der Waals surface area contributed by atoms with Crippen molar-refractivity contribution in [2.24, 2.45) is 10.2 Å². The van der Waals surface area contributed by atoms with Crippen LogP contribution in [-0.4, -0.2) is 10.9 Å². The number of nitrogen functional groups attached to an aromatic ring is 1. The second-order valence-electron chi connectivity index (χ2n) is 3.43. The molecule has 0 aliphatic rings. The van der Waals surface area contributed by atoms with Gasteiger partial charge in [0.15, 0.2) is 0 Å². The van der Waals surface area contributed by atoms with E-state index in [0.29, 0.717) is 4.80 Å². The Bertz CT molecular complexity index is 595. The molecule has 0 fully saturated rings. The van der Waals surface area contributed by atoms with Crippen LogP contribution in [0.2, 0.25) is 0 Å². The van der Waals surface area contributed by atoms with E-state index in [1.807, 2.05) is 36.6 Å². The minimum Gasteiger partial charge on any atom is -0.337 e. The zero-order valence-electron chi connectivity index (χ0n) is 9.17. The Labute approximate surface area is 111 Å². The van der Waals surface area contributed by atoms with E-state index in [-0.39, 0.29) is 0 Å². The van der Waals surface area contributed by atoms with Crippen LogP contribution < -0.4 is 10.6 Å². The van der Waals surface area contributed by atoms with Crippen molar-refractivity contribution in [3.63, 3.8) is 0 Å². The van der Waals surface area contributed by atoms with Crippen LogP contribution in [0.3, 0.4) is 0 Å². The van der Waals surface area contributed by atoms with Crippen LogP contribution in [0.5, 0.6) is 0 Å². The van der Waals surface area contributed by atoms with Gasteiger partial charge in [0.2, 0.25) is 4.80 Å². The molecule has 17 heavy (non-hydrogen) atoms. The number of thiazole rings is 1. The summed E-state index contributed by atoms with van der Waals surface area (Å²) in [6, 6.07) is 7.83. The Morgan fingerprint density at radius 3 is 2.65 bits per heavy atom. The molecular weight excluding hydrogens is 300 g/mol. The first kappa shape index (κ1) is 12.1. The Morgan fingerprint density at radius 1 is 1.35 bits per heavy atom. The Balaban J connectivity index is 2.20. The fraction of sp³-hybridized carbons (Fsp3) is 0.0909. The van der Waals surface area contributed by atoms with Gasteiger partial charge >= 0.3 is 0 Å².